The molecule has 17 heavy (non-hydrogen) atoms. The molecule has 1 rings (SSSR count). The molecule has 0 aromatic heterocycles. The number of para-hydroxylation sites is 1. The van der Waals surface area contributed by atoms with E-state index in [0.29, 0.717) is 0 Å². The Kier molecular flexibility index (Phi) is 10.4. The van der Waals surface area contributed by atoms with Crippen molar-refractivity contribution < 1.29 is 87.4 Å². The molecule has 10 heteroatoms. The normalized spacial score (nSPS) is 16.6. The first-order valence-electron chi connectivity index (χ1n) is 3.86. The van der Waals surface area contributed by atoms with Crippen molar-refractivity contribution >= 4 is 15.2 Å². The van der Waals surface area contributed by atoms with E-state index in [2.05, 4.69) is 4.52 Å². The van der Waals surface area contributed by atoms with Gasteiger partial charge >= 0.3 is 59.1 Å². The van der Waals surface area contributed by atoms with Crippen molar-refractivity contribution in [3.63, 3.8) is 0 Å². The maximum absolute atomic E-state index is 11.1. The summed E-state index contributed by atoms with van der Waals surface area (Å²) < 4.78 is 25.9. The number of hydrogen-bond acceptors (Lipinski definition) is 5. The molecule has 1 N–H and O–H groups in total. The second-order valence-electron chi connectivity index (χ2n) is 2.79. The average Bonchev–Trinajstić information content (AvgIpc) is 1.99. The Morgan fingerprint density at radius 2 is 1.59 bits per heavy atom. The van der Waals surface area contributed by atoms with Crippen LogP contribution < -0.4 is 73.4 Å². The van der Waals surface area contributed by atoms with E-state index in [1.165, 1.54) is 24.3 Å². The molecule has 2 unspecified atom stereocenters. The zero-order chi connectivity index (χ0) is 11.5. The van der Waals surface area contributed by atoms with E-state index in [1.807, 2.05) is 0 Å². The van der Waals surface area contributed by atoms with E-state index in [-0.39, 0.29) is 64.9 Å². The number of rotatable bonds is 4. The van der Waals surface area contributed by atoms with Crippen molar-refractivity contribution in [2.75, 3.05) is 5.90 Å². The Balaban J connectivity index is 0. The monoisotopic (exact) mass is 296 g/mol. The fraction of sp³-hybridized carbons (Fsp3) is 0.143. The predicted octanol–water partition coefficient (Wildman–Crippen LogP) is -5.87. The van der Waals surface area contributed by atoms with Gasteiger partial charge in [0, 0.05) is 0 Å². The van der Waals surface area contributed by atoms with Crippen LogP contribution in [0.1, 0.15) is 0 Å². The largest absolute Gasteiger partial charge is 1.00 e. The van der Waals surface area contributed by atoms with Gasteiger partial charge in [0.2, 0.25) is 0 Å². The fourth-order valence-corrected chi connectivity index (χ4v) is 3.31. The maximum atomic E-state index is 11.1. The van der Waals surface area contributed by atoms with Gasteiger partial charge in [-0.3, -0.25) is 4.57 Å². The summed E-state index contributed by atoms with van der Waals surface area (Å²) in [4.78, 5) is 29.8. The van der Waals surface area contributed by atoms with Gasteiger partial charge in [0.15, 0.2) is 7.60 Å². The molecule has 0 heterocycles. The molecule has 1 aromatic rings. The first kappa shape index (κ1) is 20.7. The molecule has 2 atom stereocenters. The Bertz CT molecular complexity index is 420. The number of hydrogen-bond donors (Lipinski definition) is 1. The molecule has 0 aliphatic rings. The van der Waals surface area contributed by atoms with Crippen LogP contribution in [0.3, 0.4) is 0 Å². The van der Waals surface area contributed by atoms with Gasteiger partial charge < -0.3 is 23.8 Å². The minimum atomic E-state index is -4.87. The molecule has 0 aliphatic heterocycles. The van der Waals surface area contributed by atoms with Crippen molar-refractivity contribution in [3.8, 4) is 5.75 Å². The summed E-state index contributed by atoms with van der Waals surface area (Å²) in [6, 6.07) is 7.43. The van der Waals surface area contributed by atoms with Crippen molar-refractivity contribution in [2.24, 2.45) is 0 Å². The quantitative estimate of drug-likeness (QED) is 0.438. The summed E-state index contributed by atoms with van der Waals surface area (Å²) in [5.74, 6) is -1.40. The van der Waals surface area contributed by atoms with Crippen LogP contribution in [-0.4, -0.2) is 10.8 Å². The summed E-state index contributed by atoms with van der Waals surface area (Å²) in [6.45, 7) is 0. The minimum absolute atomic E-state index is 0. The second kappa shape index (κ2) is 8.51. The maximum Gasteiger partial charge on any atom is 1.00 e. The van der Waals surface area contributed by atoms with Crippen LogP contribution in [-0.2, 0) is 9.13 Å². The van der Waals surface area contributed by atoms with Gasteiger partial charge in [-0.15, -0.1) is 0 Å². The summed E-state index contributed by atoms with van der Waals surface area (Å²) >= 11 is 0. The molecule has 0 fully saturated rings. The van der Waals surface area contributed by atoms with Gasteiger partial charge in [-0.1, -0.05) is 18.2 Å². The molecule has 6 nitrogen and oxygen atoms in total. The molecule has 0 saturated heterocycles. The SMILES string of the molecule is O=P([O-])(O)CP(=O)([O-])Oc1ccccc1.[Na+].[Na+]. The van der Waals surface area contributed by atoms with Crippen LogP contribution >= 0.6 is 15.2 Å². The third-order valence-electron chi connectivity index (χ3n) is 1.34. The minimum Gasteiger partial charge on any atom is -0.778 e. The molecule has 0 aliphatic carbocycles. The van der Waals surface area contributed by atoms with Crippen molar-refractivity contribution in [3.05, 3.63) is 30.3 Å². The zero-order valence-electron chi connectivity index (χ0n) is 9.48. The summed E-state index contributed by atoms with van der Waals surface area (Å²) in [5.41, 5.74) is 0. The number of benzene rings is 1. The van der Waals surface area contributed by atoms with Gasteiger partial charge in [0.05, 0.1) is 5.90 Å². The van der Waals surface area contributed by atoms with Crippen LogP contribution in [0.2, 0.25) is 0 Å². The van der Waals surface area contributed by atoms with Crippen LogP contribution in [0, 0.1) is 0 Å². The van der Waals surface area contributed by atoms with E-state index >= 15 is 0 Å². The first-order chi connectivity index (χ1) is 6.79. The third-order valence-corrected chi connectivity index (χ3v) is 4.64. The van der Waals surface area contributed by atoms with E-state index in [4.69, 9.17) is 4.89 Å². The Morgan fingerprint density at radius 3 is 2.00 bits per heavy atom. The van der Waals surface area contributed by atoms with E-state index < -0.39 is 21.1 Å². The first-order valence-corrected chi connectivity index (χ1v) is 7.35. The van der Waals surface area contributed by atoms with Crippen LogP contribution in [0.4, 0.5) is 0 Å². The summed E-state index contributed by atoms with van der Waals surface area (Å²) in [6.07, 6.45) is 0. The Morgan fingerprint density at radius 1 is 1.12 bits per heavy atom. The molecule has 0 bridgehead atoms. The topological polar surface area (TPSA) is 110 Å². The predicted molar refractivity (Wildman–Crippen MR) is 49.4 cm³/mol. The molecular weight excluding hydrogens is 288 g/mol. The van der Waals surface area contributed by atoms with Gasteiger partial charge in [0.1, 0.15) is 13.3 Å². The van der Waals surface area contributed by atoms with Crippen LogP contribution in [0.15, 0.2) is 30.3 Å². The Labute approximate surface area is 143 Å². The Hall–Kier alpha value is 1.36. The van der Waals surface area contributed by atoms with E-state index in [9.17, 15) is 18.9 Å². The van der Waals surface area contributed by atoms with Gasteiger partial charge in [-0.25, -0.2) is 0 Å². The van der Waals surface area contributed by atoms with E-state index in [1.54, 1.807) is 6.07 Å². The van der Waals surface area contributed by atoms with Gasteiger partial charge in [0.25, 0.3) is 0 Å². The van der Waals surface area contributed by atoms with E-state index in [0.717, 1.165) is 0 Å². The van der Waals surface area contributed by atoms with Crippen molar-refractivity contribution in [2.45, 2.75) is 0 Å². The molecule has 0 amide bonds. The summed E-state index contributed by atoms with van der Waals surface area (Å²) in [5, 5.41) is 0. The molecule has 0 radical (unpaired) electrons. The molecule has 1 aromatic carbocycles. The van der Waals surface area contributed by atoms with Crippen LogP contribution in [0.5, 0.6) is 5.75 Å². The summed E-state index contributed by atoms with van der Waals surface area (Å²) in [7, 11) is -9.49. The van der Waals surface area contributed by atoms with Gasteiger partial charge in [-0.05, 0) is 12.1 Å². The molecular formula is C7H8Na2O6P2. The smallest absolute Gasteiger partial charge is 0.778 e. The third kappa shape index (κ3) is 9.88. The molecule has 84 valence electrons. The standard InChI is InChI=1S/C7H10O6P2.2Na/c8-14(9,10)6-15(11,12)13-7-4-2-1-3-5-7;;/h1-5H,6H2,(H,11,12)(H2,8,9,10);;/q;2*+1/p-2. The van der Waals surface area contributed by atoms with Gasteiger partial charge in [-0.2, -0.15) is 0 Å². The second-order valence-corrected chi connectivity index (χ2v) is 6.60. The van der Waals surface area contributed by atoms with Crippen molar-refractivity contribution in [1.29, 1.82) is 0 Å². The van der Waals surface area contributed by atoms with Crippen LogP contribution in [0.25, 0.3) is 0 Å². The fourth-order valence-electron chi connectivity index (χ4n) is 0.890. The molecule has 0 spiro atoms. The zero-order valence-corrected chi connectivity index (χ0v) is 15.3. The van der Waals surface area contributed by atoms with Crippen molar-refractivity contribution in [1.82, 2.24) is 0 Å². The average molecular weight is 296 g/mol. The molecule has 0 saturated carbocycles.